The van der Waals surface area contributed by atoms with E-state index in [0.717, 1.165) is 26.1 Å². The van der Waals surface area contributed by atoms with E-state index in [1.807, 2.05) is 13.0 Å². The van der Waals surface area contributed by atoms with Crippen LogP contribution in [0.4, 0.5) is 11.9 Å². The zero-order valence-corrected chi connectivity index (χ0v) is 11.4. The number of nitrogens with one attached hydrogen (secondary N) is 1. The van der Waals surface area contributed by atoms with Crippen molar-refractivity contribution in [1.29, 1.82) is 0 Å². The van der Waals surface area contributed by atoms with Crippen LogP contribution in [0.5, 0.6) is 6.01 Å². The molecule has 0 spiro atoms. The second-order valence-electron chi connectivity index (χ2n) is 4.39. The van der Waals surface area contributed by atoms with Crippen molar-refractivity contribution in [2.24, 2.45) is 0 Å². The topological polar surface area (TPSA) is 63.2 Å². The highest BCUT2D eigenvalue weighted by molar-refractivity contribution is 5.39. The first kappa shape index (κ1) is 13.6. The van der Waals surface area contributed by atoms with Gasteiger partial charge < -0.3 is 15.0 Å². The zero-order valence-electron chi connectivity index (χ0n) is 11.4. The molecular formula is C13H21N5O. The summed E-state index contributed by atoms with van der Waals surface area (Å²) in [5.41, 5.74) is 0. The third-order valence-corrected chi connectivity index (χ3v) is 2.88. The van der Waals surface area contributed by atoms with Gasteiger partial charge in [0.25, 0.3) is 0 Å². The fourth-order valence-electron chi connectivity index (χ4n) is 1.94. The monoisotopic (exact) mass is 263 g/mol. The van der Waals surface area contributed by atoms with Gasteiger partial charge >= 0.3 is 6.01 Å². The van der Waals surface area contributed by atoms with Crippen molar-refractivity contribution in [2.75, 3.05) is 36.5 Å². The first-order chi connectivity index (χ1) is 9.33. The SMILES string of the molecule is C=CCCOc1nc(NCC)nc(N2CCCC2)n1. The lowest BCUT2D eigenvalue weighted by Crippen LogP contribution is -2.22. The quantitative estimate of drug-likeness (QED) is 0.598. The van der Waals surface area contributed by atoms with Crippen LogP contribution in [0.2, 0.25) is 0 Å². The predicted molar refractivity (Wildman–Crippen MR) is 75.7 cm³/mol. The van der Waals surface area contributed by atoms with E-state index < -0.39 is 0 Å². The normalized spacial score (nSPS) is 14.5. The Bertz CT molecular complexity index is 417. The Kier molecular flexibility index (Phi) is 4.94. The molecule has 2 heterocycles. The summed E-state index contributed by atoms with van der Waals surface area (Å²) in [5, 5.41) is 3.11. The van der Waals surface area contributed by atoms with Crippen LogP contribution in [-0.2, 0) is 0 Å². The van der Waals surface area contributed by atoms with Gasteiger partial charge in [0, 0.05) is 19.6 Å². The summed E-state index contributed by atoms with van der Waals surface area (Å²) >= 11 is 0. The molecule has 6 nitrogen and oxygen atoms in total. The highest BCUT2D eigenvalue weighted by Gasteiger charge is 2.17. The molecule has 0 radical (unpaired) electrons. The Morgan fingerprint density at radius 2 is 2.11 bits per heavy atom. The van der Waals surface area contributed by atoms with Gasteiger partial charge in [0.15, 0.2) is 0 Å². The number of aromatic nitrogens is 3. The minimum Gasteiger partial charge on any atom is -0.463 e. The van der Waals surface area contributed by atoms with Crippen LogP contribution in [0.25, 0.3) is 0 Å². The van der Waals surface area contributed by atoms with E-state index >= 15 is 0 Å². The summed E-state index contributed by atoms with van der Waals surface area (Å²) in [6.07, 6.45) is 4.97. The van der Waals surface area contributed by atoms with Gasteiger partial charge in [-0.2, -0.15) is 15.0 Å². The van der Waals surface area contributed by atoms with E-state index in [0.29, 0.717) is 24.5 Å². The van der Waals surface area contributed by atoms with Crippen molar-refractivity contribution < 1.29 is 4.74 Å². The molecule has 2 rings (SSSR count). The molecular weight excluding hydrogens is 242 g/mol. The first-order valence-corrected chi connectivity index (χ1v) is 6.82. The van der Waals surface area contributed by atoms with E-state index in [2.05, 4.69) is 31.7 Å². The number of hydrogen-bond donors (Lipinski definition) is 1. The molecule has 0 aliphatic carbocycles. The van der Waals surface area contributed by atoms with Gasteiger partial charge in [-0.05, 0) is 26.2 Å². The number of ether oxygens (including phenoxy) is 1. The highest BCUT2D eigenvalue weighted by atomic mass is 16.5. The Morgan fingerprint density at radius 1 is 1.32 bits per heavy atom. The second-order valence-corrected chi connectivity index (χ2v) is 4.39. The minimum atomic E-state index is 0.384. The molecule has 1 saturated heterocycles. The van der Waals surface area contributed by atoms with Crippen molar-refractivity contribution >= 4 is 11.9 Å². The molecule has 0 unspecified atom stereocenters. The fourth-order valence-corrected chi connectivity index (χ4v) is 1.94. The van der Waals surface area contributed by atoms with Gasteiger partial charge in [-0.25, -0.2) is 0 Å². The average molecular weight is 263 g/mol. The lowest BCUT2D eigenvalue weighted by atomic mass is 10.4. The van der Waals surface area contributed by atoms with Crippen LogP contribution >= 0.6 is 0 Å². The van der Waals surface area contributed by atoms with Gasteiger partial charge in [-0.15, -0.1) is 6.58 Å². The first-order valence-electron chi connectivity index (χ1n) is 6.82. The molecule has 6 heteroatoms. The maximum absolute atomic E-state index is 5.53. The molecule has 1 aliphatic rings. The number of nitrogens with zero attached hydrogens (tertiary/aromatic N) is 4. The minimum absolute atomic E-state index is 0.384. The van der Waals surface area contributed by atoms with Crippen LogP contribution in [0, 0.1) is 0 Å². The Labute approximate surface area is 113 Å². The Hall–Kier alpha value is -1.85. The molecule has 0 bridgehead atoms. The molecule has 0 amide bonds. The van der Waals surface area contributed by atoms with E-state index in [1.165, 1.54) is 12.8 Å². The summed E-state index contributed by atoms with van der Waals surface area (Å²) in [7, 11) is 0. The van der Waals surface area contributed by atoms with E-state index in [1.54, 1.807) is 0 Å². The highest BCUT2D eigenvalue weighted by Crippen LogP contribution is 2.19. The summed E-state index contributed by atoms with van der Waals surface area (Å²) in [6.45, 7) is 8.99. The predicted octanol–water partition coefficient (Wildman–Crippen LogP) is 1.86. The van der Waals surface area contributed by atoms with Gasteiger partial charge in [0.2, 0.25) is 11.9 Å². The third kappa shape index (κ3) is 3.81. The van der Waals surface area contributed by atoms with Crippen molar-refractivity contribution in [1.82, 2.24) is 15.0 Å². The number of rotatable bonds is 7. The molecule has 1 aliphatic heterocycles. The van der Waals surface area contributed by atoms with Crippen LogP contribution in [0.3, 0.4) is 0 Å². The Morgan fingerprint density at radius 3 is 2.79 bits per heavy atom. The largest absolute Gasteiger partial charge is 0.463 e. The van der Waals surface area contributed by atoms with Crippen LogP contribution in [-0.4, -0.2) is 41.2 Å². The van der Waals surface area contributed by atoms with Gasteiger partial charge in [-0.1, -0.05) is 6.08 Å². The van der Waals surface area contributed by atoms with Crippen LogP contribution < -0.4 is 15.0 Å². The number of hydrogen-bond acceptors (Lipinski definition) is 6. The molecule has 0 aromatic carbocycles. The van der Waals surface area contributed by atoms with Gasteiger partial charge in [0.05, 0.1) is 6.61 Å². The molecule has 1 fully saturated rings. The van der Waals surface area contributed by atoms with Gasteiger partial charge in [0.1, 0.15) is 0 Å². The van der Waals surface area contributed by atoms with Crippen molar-refractivity contribution in [3.05, 3.63) is 12.7 Å². The summed E-state index contributed by atoms with van der Waals surface area (Å²) in [5.74, 6) is 1.28. The van der Waals surface area contributed by atoms with E-state index in [4.69, 9.17) is 4.74 Å². The molecule has 1 N–H and O–H groups in total. The fraction of sp³-hybridized carbons (Fsp3) is 0.615. The zero-order chi connectivity index (χ0) is 13.5. The van der Waals surface area contributed by atoms with Crippen LogP contribution in [0.15, 0.2) is 12.7 Å². The summed E-state index contributed by atoms with van der Waals surface area (Å²) in [4.78, 5) is 15.2. The van der Waals surface area contributed by atoms with Gasteiger partial charge in [-0.3, -0.25) is 0 Å². The van der Waals surface area contributed by atoms with Crippen molar-refractivity contribution in [3.63, 3.8) is 0 Å². The molecule has 104 valence electrons. The standard InChI is InChI=1S/C13H21N5O/c1-3-5-10-19-13-16-11(14-4-2)15-12(17-13)18-8-6-7-9-18/h3H,1,4-10H2,2H3,(H,14,15,16,17). The van der Waals surface area contributed by atoms with Crippen LogP contribution in [0.1, 0.15) is 26.2 Å². The maximum atomic E-state index is 5.53. The van der Waals surface area contributed by atoms with E-state index in [9.17, 15) is 0 Å². The average Bonchev–Trinajstić information content (AvgIpc) is 2.93. The molecule has 0 atom stereocenters. The molecule has 1 aromatic heterocycles. The van der Waals surface area contributed by atoms with Crippen molar-refractivity contribution in [2.45, 2.75) is 26.2 Å². The summed E-state index contributed by atoms with van der Waals surface area (Å²) < 4.78 is 5.53. The lowest BCUT2D eigenvalue weighted by molar-refractivity contribution is 0.298. The van der Waals surface area contributed by atoms with Crippen molar-refractivity contribution in [3.8, 4) is 6.01 Å². The maximum Gasteiger partial charge on any atom is 0.323 e. The van der Waals surface area contributed by atoms with E-state index in [-0.39, 0.29) is 0 Å². The summed E-state index contributed by atoms with van der Waals surface area (Å²) in [6, 6.07) is 0.384. The third-order valence-electron chi connectivity index (χ3n) is 2.88. The number of anilines is 2. The molecule has 1 aromatic rings. The Balaban J connectivity index is 2.13. The molecule has 19 heavy (non-hydrogen) atoms. The smallest absolute Gasteiger partial charge is 0.323 e. The second kappa shape index (κ2) is 6.92. The molecule has 0 saturated carbocycles. The lowest BCUT2D eigenvalue weighted by Gasteiger charge is -2.16.